The first kappa shape index (κ1) is 11.8. The lowest BCUT2D eigenvalue weighted by atomic mass is 10.1. The Balaban J connectivity index is 2.06. The van der Waals surface area contributed by atoms with Gasteiger partial charge in [0.25, 0.3) is 0 Å². The van der Waals surface area contributed by atoms with E-state index in [2.05, 4.69) is 9.97 Å². The molecule has 0 aliphatic carbocycles. The number of fused-ring (bicyclic) bond motifs is 1. The van der Waals surface area contributed by atoms with E-state index in [1.807, 2.05) is 6.07 Å². The zero-order valence-electron chi connectivity index (χ0n) is 9.77. The molecule has 0 aliphatic heterocycles. The van der Waals surface area contributed by atoms with Gasteiger partial charge in [0.15, 0.2) is 11.6 Å². The number of aliphatic hydroxyl groups excluding tert-OH is 1. The van der Waals surface area contributed by atoms with E-state index in [0.29, 0.717) is 11.1 Å². The van der Waals surface area contributed by atoms with E-state index in [0.717, 1.165) is 12.1 Å². The van der Waals surface area contributed by atoms with Crippen LogP contribution in [-0.4, -0.2) is 15.1 Å². The second-order valence-corrected chi connectivity index (χ2v) is 4.22. The summed E-state index contributed by atoms with van der Waals surface area (Å²) in [4.78, 5) is 6.87. The minimum Gasteiger partial charge on any atom is -0.380 e. The molecule has 0 amide bonds. The summed E-state index contributed by atoms with van der Waals surface area (Å²) < 4.78 is 26.2. The Kier molecular flexibility index (Phi) is 2.76. The minimum absolute atomic E-state index is 0.256. The lowest BCUT2D eigenvalue weighted by Crippen LogP contribution is -2.01. The molecule has 1 unspecified atom stereocenters. The highest BCUT2D eigenvalue weighted by molar-refractivity contribution is 5.75. The molecular formula is C14H10F2N2O. The van der Waals surface area contributed by atoms with Crippen LogP contribution in [0.1, 0.15) is 17.5 Å². The van der Waals surface area contributed by atoms with Crippen LogP contribution in [0.2, 0.25) is 0 Å². The van der Waals surface area contributed by atoms with Gasteiger partial charge in [-0.3, -0.25) is 0 Å². The van der Waals surface area contributed by atoms with Crippen molar-refractivity contribution in [1.82, 2.24) is 9.97 Å². The Morgan fingerprint density at radius 1 is 1.05 bits per heavy atom. The molecule has 0 aliphatic rings. The summed E-state index contributed by atoms with van der Waals surface area (Å²) in [6, 6.07) is 10.9. The molecule has 1 aromatic heterocycles. The van der Waals surface area contributed by atoms with Gasteiger partial charge in [0.2, 0.25) is 0 Å². The SMILES string of the molecule is OC(c1ccccc1)c1nc2cc(F)c(F)cc2[nH]1. The topological polar surface area (TPSA) is 48.9 Å². The van der Waals surface area contributed by atoms with Gasteiger partial charge in [-0.2, -0.15) is 0 Å². The smallest absolute Gasteiger partial charge is 0.161 e. The molecule has 19 heavy (non-hydrogen) atoms. The fourth-order valence-corrected chi connectivity index (χ4v) is 1.95. The van der Waals surface area contributed by atoms with Crippen molar-refractivity contribution >= 4 is 11.0 Å². The zero-order chi connectivity index (χ0) is 13.4. The van der Waals surface area contributed by atoms with Crippen LogP contribution in [0.15, 0.2) is 42.5 Å². The Morgan fingerprint density at radius 3 is 2.47 bits per heavy atom. The number of H-pyrrole nitrogens is 1. The van der Waals surface area contributed by atoms with Crippen molar-refractivity contribution in [3.8, 4) is 0 Å². The van der Waals surface area contributed by atoms with Crippen molar-refractivity contribution in [2.24, 2.45) is 0 Å². The molecule has 2 aromatic carbocycles. The van der Waals surface area contributed by atoms with Crippen LogP contribution in [0.4, 0.5) is 8.78 Å². The quantitative estimate of drug-likeness (QED) is 0.744. The molecule has 2 N–H and O–H groups in total. The maximum absolute atomic E-state index is 13.1. The van der Waals surface area contributed by atoms with Crippen molar-refractivity contribution in [2.45, 2.75) is 6.10 Å². The number of halogens is 2. The summed E-state index contributed by atoms with van der Waals surface area (Å²) in [5, 5.41) is 10.2. The molecule has 5 heteroatoms. The van der Waals surface area contributed by atoms with Crippen LogP contribution in [0.3, 0.4) is 0 Å². The van der Waals surface area contributed by atoms with Gasteiger partial charge in [0.05, 0.1) is 11.0 Å². The predicted molar refractivity (Wildman–Crippen MR) is 66.5 cm³/mol. The van der Waals surface area contributed by atoms with Crippen molar-refractivity contribution < 1.29 is 13.9 Å². The van der Waals surface area contributed by atoms with Gasteiger partial charge in [-0.05, 0) is 5.56 Å². The van der Waals surface area contributed by atoms with Crippen LogP contribution in [0.25, 0.3) is 11.0 Å². The third kappa shape index (κ3) is 2.08. The number of nitrogens with zero attached hydrogens (tertiary/aromatic N) is 1. The Labute approximate surface area is 107 Å². The number of hydrogen-bond donors (Lipinski definition) is 2. The van der Waals surface area contributed by atoms with Crippen LogP contribution >= 0.6 is 0 Å². The largest absolute Gasteiger partial charge is 0.380 e. The van der Waals surface area contributed by atoms with Gasteiger partial charge in [-0.15, -0.1) is 0 Å². The van der Waals surface area contributed by atoms with Gasteiger partial charge in [0.1, 0.15) is 11.9 Å². The van der Waals surface area contributed by atoms with Crippen LogP contribution in [0.5, 0.6) is 0 Å². The summed E-state index contributed by atoms with van der Waals surface area (Å²) in [7, 11) is 0. The molecule has 1 heterocycles. The summed E-state index contributed by atoms with van der Waals surface area (Å²) >= 11 is 0. The molecular weight excluding hydrogens is 250 g/mol. The average Bonchev–Trinajstić information content (AvgIpc) is 2.82. The fourth-order valence-electron chi connectivity index (χ4n) is 1.95. The van der Waals surface area contributed by atoms with Gasteiger partial charge in [-0.1, -0.05) is 30.3 Å². The Hall–Kier alpha value is -2.27. The van der Waals surface area contributed by atoms with Crippen molar-refractivity contribution in [2.75, 3.05) is 0 Å². The average molecular weight is 260 g/mol. The monoisotopic (exact) mass is 260 g/mol. The predicted octanol–water partition coefficient (Wildman–Crippen LogP) is 2.92. The first-order valence-corrected chi connectivity index (χ1v) is 5.73. The number of hydrogen-bond acceptors (Lipinski definition) is 2. The summed E-state index contributed by atoms with van der Waals surface area (Å²) in [5.41, 5.74) is 1.29. The second kappa shape index (κ2) is 4.44. The maximum atomic E-state index is 13.1. The first-order valence-electron chi connectivity index (χ1n) is 5.73. The molecule has 96 valence electrons. The van der Waals surface area contributed by atoms with E-state index >= 15 is 0 Å². The van der Waals surface area contributed by atoms with Crippen LogP contribution in [0, 0.1) is 11.6 Å². The Bertz CT molecular complexity index is 686. The van der Waals surface area contributed by atoms with Gasteiger partial charge in [-0.25, -0.2) is 13.8 Å². The number of imidazole rings is 1. The van der Waals surface area contributed by atoms with Crippen molar-refractivity contribution in [1.29, 1.82) is 0 Å². The number of aliphatic hydroxyl groups is 1. The zero-order valence-corrected chi connectivity index (χ0v) is 9.77. The number of aromatic amines is 1. The second-order valence-electron chi connectivity index (χ2n) is 4.22. The van der Waals surface area contributed by atoms with E-state index in [9.17, 15) is 13.9 Å². The summed E-state index contributed by atoms with van der Waals surface area (Å²) in [5.74, 6) is -1.65. The normalized spacial score (nSPS) is 12.8. The van der Waals surface area contributed by atoms with Crippen molar-refractivity contribution in [3.63, 3.8) is 0 Å². The first-order chi connectivity index (χ1) is 9.15. The number of aromatic nitrogens is 2. The van der Waals surface area contributed by atoms with E-state index < -0.39 is 17.7 Å². The minimum atomic E-state index is -0.959. The highest BCUT2D eigenvalue weighted by atomic mass is 19.2. The lowest BCUT2D eigenvalue weighted by Gasteiger charge is -2.06. The molecule has 0 radical (unpaired) electrons. The van der Waals surface area contributed by atoms with Gasteiger partial charge < -0.3 is 10.1 Å². The summed E-state index contributed by atoms with van der Waals surface area (Å²) in [6.45, 7) is 0. The number of rotatable bonds is 2. The molecule has 3 nitrogen and oxygen atoms in total. The molecule has 3 aromatic rings. The highest BCUT2D eigenvalue weighted by Gasteiger charge is 2.16. The summed E-state index contributed by atoms with van der Waals surface area (Å²) in [6.07, 6.45) is -0.959. The molecule has 0 saturated heterocycles. The lowest BCUT2D eigenvalue weighted by molar-refractivity contribution is 0.211. The third-order valence-corrected chi connectivity index (χ3v) is 2.92. The number of nitrogens with one attached hydrogen (secondary N) is 1. The fraction of sp³-hybridized carbons (Fsp3) is 0.0714. The third-order valence-electron chi connectivity index (χ3n) is 2.92. The van der Waals surface area contributed by atoms with E-state index in [4.69, 9.17) is 0 Å². The highest BCUT2D eigenvalue weighted by Crippen LogP contribution is 2.23. The van der Waals surface area contributed by atoms with E-state index in [1.165, 1.54) is 0 Å². The molecule has 3 rings (SSSR count). The van der Waals surface area contributed by atoms with Gasteiger partial charge >= 0.3 is 0 Å². The standard InChI is InChI=1S/C14H10F2N2O/c15-9-6-11-12(7-10(9)16)18-14(17-11)13(19)8-4-2-1-3-5-8/h1-7,13,19H,(H,17,18). The molecule has 1 atom stereocenters. The van der Waals surface area contributed by atoms with E-state index in [1.54, 1.807) is 24.3 Å². The van der Waals surface area contributed by atoms with Crippen LogP contribution < -0.4 is 0 Å². The molecule has 0 fully saturated rings. The molecule has 0 spiro atoms. The number of benzene rings is 2. The maximum Gasteiger partial charge on any atom is 0.161 e. The van der Waals surface area contributed by atoms with Crippen molar-refractivity contribution in [3.05, 3.63) is 65.5 Å². The van der Waals surface area contributed by atoms with Crippen LogP contribution in [-0.2, 0) is 0 Å². The van der Waals surface area contributed by atoms with E-state index in [-0.39, 0.29) is 11.3 Å². The molecule has 0 bridgehead atoms. The van der Waals surface area contributed by atoms with Gasteiger partial charge in [0, 0.05) is 12.1 Å². The molecule has 0 saturated carbocycles. The Morgan fingerprint density at radius 2 is 1.74 bits per heavy atom.